The molecule has 0 N–H and O–H groups in total. The first-order valence-corrected chi connectivity index (χ1v) is 12.7. The molecule has 0 bridgehead atoms. The van der Waals surface area contributed by atoms with Gasteiger partial charge in [-0.15, -0.1) is 0 Å². The second-order valence-electron chi connectivity index (χ2n) is 10.2. The SMILES string of the molecule is CCCCCCCCc1ccc(-c2noc([C@@H]3CCCN3/C(C)=N\C(=O)OC(C)(C)C)n2)cc1. The Hall–Kier alpha value is -2.70. The van der Waals surface area contributed by atoms with Crippen molar-refractivity contribution in [2.45, 2.75) is 104 Å². The number of unbranched alkanes of at least 4 members (excludes halogenated alkanes) is 5. The number of rotatable bonds is 9. The Kier molecular flexibility index (Phi) is 9.25. The quantitative estimate of drug-likeness (QED) is 0.221. The van der Waals surface area contributed by atoms with Crippen LogP contribution in [0.25, 0.3) is 11.4 Å². The second kappa shape index (κ2) is 12.1. The standard InChI is InChI=1S/C27H40N4O3/c1-6-7-8-9-10-11-13-21-15-17-22(18-16-21)24-29-25(34-30-24)23-14-12-19-31(23)20(2)28-26(32)33-27(3,4)5/h15-18,23H,6-14,19H2,1-5H3/b28-20-/t23-/m0/s1. The van der Waals surface area contributed by atoms with Gasteiger partial charge in [-0.05, 0) is 58.9 Å². The average molecular weight is 469 g/mol. The molecule has 34 heavy (non-hydrogen) atoms. The van der Waals surface area contributed by atoms with Gasteiger partial charge in [0.15, 0.2) is 0 Å². The van der Waals surface area contributed by atoms with Gasteiger partial charge in [0.25, 0.3) is 0 Å². The van der Waals surface area contributed by atoms with E-state index in [1.807, 2.05) is 32.6 Å². The van der Waals surface area contributed by atoms with Crippen LogP contribution in [0.2, 0.25) is 0 Å². The lowest BCUT2D eigenvalue weighted by molar-refractivity contribution is 0.0601. The number of likely N-dealkylation sites (tertiary alicyclic amines) is 1. The highest BCUT2D eigenvalue weighted by Crippen LogP contribution is 2.32. The number of aliphatic imine (C=N–C) groups is 1. The monoisotopic (exact) mass is 468 g/mol. The Bertz CT molecular complexity index is 944. The topological polar surface area (TPSA) is 80.8 Å². The van der Waals surface area contributed by atoms with E-state index in [0.29, 0.717) is 17.6 Å². The summed E-state index contributed by atoms with van der Waals surface area (Å²) in [5.74, 6) is 1.76. The Balaban J connectivity index is 1.59. The van der Waals surface area contributed by atoms with Crippen molar-refractivity contribution >= 4 is 11.9 Å². The summed E-state index contributed by atoms with van der Waals surface area (Å²) in [5.41, 5.74) is 1.72. The van der Waals surface area contributed by atoms with Gasteiger partial charge < -0.3 is 14.2 Å². The molecule has 1 amide bonds. The van der Waals surface area contributed by atoms with E-state index in [9.17, 15) is 4.79 Å². The Morgan fingerprint density at radius 2 is 1.85 bits per heavy atom. The summed E-state index contributed by atoms with van der Waals surface area (Å²) in [4.78, 5) is 23.0. The minimum atomic E-state index is -0.581. The first-order valence-electron chi connectivity index (χ1n) is 12.7. The molecule has 2 heterocycles. The Morgan fingerprint density at radius 3 is 2.56 bits per heavy atom. The molecule has 1 atom stereocenters. The van der Waals surface area contributed by atoms with E-state index in [-0.39, 0.29) is 6.04 Å². The first-order chi connectivity index (χ1) is 16.3. The number of aromatic nitrogens is 2. The molecular weight excluding hydrogens is 428 g/mol. The highest BCUT2D eigenvalue weighted by atomic mass is 16.6. The molecule has 186 valence electrons. The van der Waals surface area contributed by atoms with Crippen LogP contribution in [0.15, 0.2) is 33.8 Å². The normalized spacial score (nSPS) is 16.8. The van der Waals surface area contributed by atoms with Gasteiger partial charge in [-0.1, -0.05) is 68.4 Å². The maximum atomic E-state index is 12.1. The third-order valence-electron chi connectivity index (χ3n) is 6.07. The van der Waals surface area contributed by atoms with Crippen LogP contribution in [-0.2, 0) is 11.2 Å². The largest absolute Gasteiger partial charge is 0.442 e. The lowest BCUT2D eigenvalue weighted by atomic mass is 10.0. The minimum absolute atomic E-state index is 0.0839. The van der Waals surface area contributed by atoms with E-state index < -0.39 is 11.7 Å². The van der Waals surface area contributed by atoms with E-state index in [2.05, 4.69) is 46.3 Å². The number of amides is 1. The van der Waals surface area contributed by atoms with Gasteiger partial charge in [0.2, 0.25) is 11.7 Å². The van der Waals surface area contributed by atoms with Crippen LogP contribution in [0.1, 0.15) is 103 Å². The number of hydrogen-bond donors (Lipinski definition) is 0. The number of nitrogens with zero attached hydrogens (tertiary/aromatic N) is 4. The average Bonchev–Trinajstić information content (AvgIpc) is 3.45. The van der Waals surface area contributed by atoms with Crippen molar-refractivity contribution in [2.75, 3.05) is 6.54 Å². The molecule has 7 nitrogen and oxygen atoms in total. The number of carbonyl (C=O) groups excluding carboxylic acids is 1. The summed E-state index contributed by atoms with van der Waals surface area (Å²) in [7, 11) is 0. The smallest absolute Gasteiger partial charge is 0.435 e. The fourth-order valence-electron chi connectivity index (χ4n) is 4.31. The summed E-state index contributed by atoms with van der Waals surface area (Å²) in [6, 6.07) is 8.39. The highest BCUT2D eigenvalue weighted by molar-refractivity contribution is 5.90. The predicted molar refractivity (Wildman–Crippen MR) is 135 cm³/mol. The molecule has 1 aliphatic heterocycles. The number of aryl methyl sites for hydroxylation is 1. The van der Waals surface area contributed by atoms with Crippen LogP contribution in [0.3, 0.4) is 0 Å². The van der Waals surface area contributed by atoms with Gasteiger partial charge >= 0.3 is 6.09 Å². The van der Waals surface area contributed by atoms with Crippen LogP contribution < -0.4 is 0 Å². The lowest BCUT2D eigenvalue weighted by Gasteiger charge is -2.24. The Labute approximate surface area is 204 Å². The predicted octanol–water partition coefficient (Wildman–Crippen LogP) is 7.13. The van der Waals surface area contributed by atoms with Crippen molar-refractivity contribution in [1.82, 2.24) is 15.0 Å². The van der Waals surface area contributed by atoms with Crippen LogP contribution in [0.5, 0.6) is 0 Å². The maximum absolute atomic E-state index is 12.1. The molecule has 2 aromatic rings. The minimum Gasteiger partial charge on any atom is -0.442 e. The van der Waals surface area contributed by atoms with Crippen molar-refractivity contribution in [1.29, 1.82) is 0 Å². The maximum Gasteiger partial charge on any atom is 0.435 e. The molecule has 0 unspecified atom stereocenters. The molecule has 1 aromatic heterocycles. The van der Waals surface area contributed by atoms with E-state index in [1.165, 1.54) is 44.1 Å². The zero-order valence-electron chi connectivity index (χ0n) is 21.5. The van der Waals surface area contributed by atoms with E-state index in [1.54, 1.807) is 0 Å². The van der Waals surface area contributed by atoms with Crippen molar-refractivity contribution < 1.29 is 14.1 Å². The summed E-state index contributed by atoms with van der Waals surface area (Å²) in [6.07, 6.45) is 10.2. The third-order valence-corrected chi connectivity index (χ3v) is 6.07. The van der Waals surface area contributed by atoms with Gasteiger partial charge in [-0.2, -0.15) is 9.98 Å². The van der Waals surface area contributed by atoms with Crippen LogP contribution in [0, 0.1) is 0 Å². The van der Waals surface area contributed by atoms with E-state index in [4.69, 9.17) is 9.26 Å². The Morgan fingerprint density at radius 1 is 1.15 bits per heavy atom. The van der Waals surface area contributed by atoms with Gasteiger partial charge in [0, 0.05) is 12.1 Å². The van der Waals surface area contributed by atoms with Gasteiger partial charge in [0.1, 0.15) is 17.5 Å². The zero-order valence-corrected chi connectivity index (χ0v) is 21.5. The van der Waals surface area contributed by atoms with Gasteiger partial charge in [-0.3, -0.25) is 0 Å². The molecule has 0 spiro atoms. The molecule has 1 saturated heterocycles. The van der Waals surface area contributed by atoms with Crippen molar-refractivity contribution in [3.05, 3.63) is 35.7 Å². The fourth-order valence-corrected chi connectivity index (χ4v) is 4.31. The van der Waals surface area contributed by atoms with Crippen molar-refractivity contribution in [3.8, 4) is 11.4 Å². The number of carbonyl (C=O) groups is 1. The fraction of sp³-hybridized carbons (Fsp3) is 0.630. The van der Waals surface area contributed by atoms with Crippen molar-refractivity contribution in [3.63, 3.8) is 0 Å². The number of amidine groups is 1. The molecular formula is C27H40N4O3. The highest BCUT2D eigenvalue weighted by Gasteiger charge is 2.32. The van der Waals surface area contributed by atoms with Crippen LogP contribution in [-0.4, -0.2) is 39.1 Å². The molecule has 0 saturated carbocycles. The van der Waals surface area contributed by atoms with Crippen LogP contribution in [0.4, 0.5) is 4.79 Å². The van der Waals surface area contributed by atoms with E-state index >= 15 is 0 Å². The lowest BCUT2D eigenvalue weighted by Crippen LogP contribution is -2.30. The summed E-state index contributed by atoms with van der Waals surface area (Å²) in [6.45, 7) is 10.3. The van der Waals surface area contributed by atoms with Gasteiger partial charge in [-0.25, -0.2) is 4.79 Å². The molecule has 3 rings (SSSR count). The summed E-state index contributed by atoms with van der Waals surface area (Å²) < 4.78 is 11.0. The number of benzene rings is 1. The van der Waals surface area contributed by atoms with Crippen LogP contribution >= 0.6 is 0 Å². The third kappa shape index (κ3) is 7.67. The second-order valence-corrected chi connectivity index (χ2v) is 10.2. The molecule has 0 aliphatic carbocycles. The van der Waals surface area contributed by atoms with Crippen molar-refractivity contribution in [2.24, 2.45) is 4.99 Å². The molecule has 1 aromatic carbocycles. The summed E-state index contributed by atoms with van der Waals surface area (Å²) >= 11 is 0. The summed E-state index contributed by atoms with van der Waals surface area (Å²) in [5, 5.41) is 4.22. The molecule has 1 fully saturated rings. The molecule has 0 radical (unpaired) electrons. The van der Waals surface area contributed by atoms with Gasteiger partial charge in [0.05, 0.1) is 0 Å². The van der Waals surface area contributed by atoms with E-state index in [0.717, 1.165) is 31.4 Å². The zero-order chi connectivity index (χ0) is 24.6. The molecule has 1 aliphatic rings. The molecule has 7 heteroatoms. The number of ether oxygens (including phenoxy) is 1. The number of hydrogen-bond acceptors (Lipinski definition) is 5. The first kappa shape index (κ1) is 25.9.